The van der Waals surface area contributed by atoms with Crippen LogP contribution < -0.4 is 5.73 Å². The molecule has 0 amide bonds. The van der Waals surface area contributed by atoms with E-state index in [1.807, 2.05) is 12.1 Å². The summed E-state index contributed by atoms with van der Waals surface area (Å²) >= 11 is 0. The normalized spacial score (nSPS) is 18.4. The molecule has 0 radical (unpaired) electrons. The highest BCUT2D eigenvalue weighted by molar-refractivity contribution is 5.39. The van der Waals surface area contributed by atoms with Crippen molar-refractivity contribution in [2.75, 3.05) is 25.4 Å². The minimum absolute atomic E-state index is 0.336. The summed E-state index contributed by atoms with van der Waals surface area (Å²) in [4.78, 5) is 2.49. The van der Waals surface area contributed by atoms with Gasteiger partial charge in [-0.3, -0.25) is 4.90 Å². The Bertz CT molecular complexity index is 329. The molecular formula is C14H22N2O. The number of rotatable bonds is 4. The van der Waals surface area contributed by atoms with Crippen molar-refractivity contribution in [2.24, 2.45) is 5.92 Å². The Labute approximate surface area is 103 Å². The summed E-state index contributed by atoms with van der Waals surface area (Å²) in [6, 6.07) is 8.14. The molecule has 0 spiro atoms. The number of piperidine rings is 1. The molecule has 0 aromatic heterocycles. The van der Waals surface area contributed by atoms with Crippen LogP contribution in [0.1, 0.15) is 24.8 Å². The first-order chi connectivity index (χ1) is 8.28. The monoisotopic (exact) mass is 234 g/mol. The van der Waals surface area contributed by atoms with E-state index in [-0.39, 0.29) is 0 Å². The van der Waals surface area contributed by atoms with Crippen LogP contribution in [-0.4, -0.2) is 29.7 Å². The maximum atomic E-state index is 8.92. The van der Waals surface area contributed by atoms with E-state index in [9.17, 15) is 0 Å². The van der Waals surface area contributed by atoms with Gasteiger partial charge in [-0.15, -0.1) is 0 Å². The molecule has 0 unspecified atom stereocenters. The van der Waals surface area contributed by atoms with Gasteiger partial charge in [-0.05, 0) is 56.0 Å². The van der Waals surface area contributed by atoms with E-state index in [0.29, 0.717) is 6.61 Å². The number of nitrogen functional groups attached to an aromatic ring is 1. The van der Waals surface area contributed by atoms with Gasteiger partial charge in [0.2, 0.25) is 0 Å². The topological polar surface area (TPSA) is 49.5 Å². The standard InChI is InChI=1S/C14H22N2O/c15-14-3-1-13(2-4-14)11-16-8-5-12(6-9-16)7-10-17/h1-4,12,17H,5-11,15H2. The van der Waals surface area contributed by atoms with E-state index >= 15 is 0 Å². The van der Waals surface area contributed by atoms with Gasteiger partial charge in [-0.2, -0.15) is 0 Å². The number of hydrogen-bond acceptors (Lipinski definition) is 3. The molecule has 1 fully saturated rings. The van der Waals surface area contributed by atoms with Gasteiger partial charge in [0, 0.05) is 18.8 Å². The zero-order valence-electron chi connectivity index (χ0n) is 10.3. The molecule has 0 saturated carbocycles. The fourth-order valence-corrected chi connectivity index (χ4v) is 2.50. The molecule has 1 heterocycles. The van der Waals surface area contributed by atoms with Crippen molar-refractivity contribution >= 4 is 5.69 Å². The molecule has 2 rings (SSSR count). The zero-order valence-corrected chi connectivity index (χ0v) is 10.3. The summed E-state index contributed by atoms with van der Waals surface area (Å²) in [6.07, 6.45) is 3.40. The van der Waals surface area contributed by atoms with Crippen molar-refractivity contribution in [3.63, 3.8) is 0 Å². The Balaban J connectivity index is 1.79. The number of anilines is 1. The zero-order chi connectivity index (χ0) is 12.1. The van der Waals surface area contributed by atoms with E-state index < -0.39 is 0 Å². The molecule has 3 nitrogen and oxygen atoms in total. The van der Waals surface area contributed by atoms with Gasteiger partial charge in [0.05, 0.1) is 0 Å². The van der Waals surface area contributed by atoms with Gasteiger partial charge in [-0.25, -0.2) is 0 Å². The van der Waals surface area contributed by atoms with Crippen LogP contribution in [0.2, 0.25) is 0 Å². The average molecular weight is 234 g/mol. The third-order valence-electron chi connectivity index (χ3n) is 3.63. The van der Waals surface area contributed by atoms with Gasteiger partial charge in [0.1, 0.15) is 0 Å². The number of nitrogens with zero attached hydrogens (tertiary/aromatic N) is 1. The lowest BCUT2D eigenvalue weighted by Crippen LogP contribution is -2.33. The SMILES string of the molecule is Nc1ccc(CN2CCC(CCO)CC2)cc1. The van der Waals surface area contributed by atoms with Crippen molar-refractivity contribution in [1.29, 1.82) is 0 Å². The summed E-state index contributed by atoms with van der Waals surface area (Å²) in [6.45, 7) is 3.65. The second-order valence-electron chi connectivity index (χ2n) is 4.97. The van der Waals surface area contributed by atoms with E-state index in [0.717, 1.165) is 37.7 Å². The van der Waals surface area contributed by atoms with Crippen LogP contribution in [0.5, 0.6) is 0 Å². The maximum Gasteiger partial charge on any atom is 0.0433 e. The summed E-state index contributed by atoms with van der Waals surface area (Å²) in [5.74, 6) is 0.725. The van der Waals surface area contributed by atoms with Gasteiger partial charge in [0.25, 0.3) is 0 Å². The summed E-state index contributed by atoms with van der Waals surface area (Å²) < 4.78 is 0. The minimum Gasteiger partial charge on any atom is -0.399 e. The quantitative estimate of drug-likeness (QED) is 0.782. The van der Waals surface area contributed by atoms with Gasteiger partial charge < -0.3 is 10.8 Å². The lowest BCUT2D eigenvalue weighted by Gasteiger charge is -2.31. The number of benzene rings is 1. The van der Waals surface area contributed by atoms with Crippen LogP contribution >= 0.6 is 0 Å². The lowest BCUT2D eigenvalue weighted by molar-refractivity contribution is 0.153. The Hall–Kier alpha value is -1.06. The number of hydrogen-bond donors (Lipinski definition) is 2. The molecule has 1 aliphatic heterocycles. The molecule has 17 heavy (non-hydrogen) atoms. The number of aliphatic hydroxyl groups excluding tert-OH is 1. The van der Waals surface area contributed by atoms with Crippen molar-refractivity contribution in [2.45, 2.75) is 25.8 Å². The van der Waals surface area contributed by atoms with Crippen LogP contribution in [0.4, 0.5) is 5.69 Å². The Morgan fingerprint density at radius 1 is 1.18 bits per heavy atom. The predicted molar refractivity (Wildman–Crippen MR) is 70.6 cm³/mol. The van der Waals surface area contributed by atoms with Gasteiger partial charge >= 0.3 is 0 Å². The average Bonchev–Trinajstić information content (AvgIpc) is 2.35. The van der Waals surface area contributed by atoms with Crippen molar-refractivity contribution in [3.8, 4) is 0 Å². The predicted octanol–water partition coefficient (Wildman–Crippen LogP) is 1.86. The van der Waals surface area contributed by atoms with Crippen molar-refractivity contribution < 1.29 is 5.11 Å². The molecule has 0 atom stereocenters. The second kappa shape index (κ2) is 6.03. The van der Waals surface area contributed by atoms with E-state index in [1.54, 1.807) is 0 Å². The third-order valence-corrected chi connectivity index (χ3v) is 3.63. The van der Waals surface area contributed by atoms with Crippen LogP contribution in [-0.2, 0) is 6.54 Å². The molecule has 1 aliphatic rings. The van der Waals surface area contributed by atoms with Crippen molar-refractivity contribution in [1.82, 2.24) is 4.90 Å². The molecule has 0 bridgehead atoms. The molecule has 1 saturated heterocycles. The first-order valence-corrected chi connectivity index (χ1v) is 6.45. The molecule has 94 valence electrons. The maximum absolute atomic E-state index is 8.92. The lowest BCUT2D eigenvalue weighted by atomic mass is 9.94. The van der Waals surface area contributed by atoms with Crippen LogP contribution in [0, 0.1) is 5.92 Å². The van der Waals surface area contributed by atoms with Crippen LogP contribution in [0.25, 0.3) is 0 Å². The number of aliphatic hydroxyl groups is 1. The fraction of sp³-hybridized carbons (Fsp3) is 0.571. The highest BCUT2D eigenvalue weighted by atomic mass is 16.3. The van der Waals surface area contributed by atoms with Gasteiger partial charge in [-0.1, -0.05) is 12.1 Å². The van der Waals surface area contributed by atoms with E-state index in [1.165, 1.54) is 18.4 Å². The first-order valence-electron chi connectivity index (χ1n) is 6.45. The van der Waals surface area contributed by atoms with Crippen molar-refractivity contribution in [3.05, 3.63) is 29.8 Å². The molecule has 1 aromatic carbocycles. The molecular weight excluding hydrogens is 212 g/mol. The van der Waals surface area contributed by atoms with E-state index in [2.05, 4.69) is 17.0 Å². The Kier molecular flexibility index (Phi) is 4.40. The smallest absolute Gasteiger partial charge is 0.0433 e. The summed E-state index contributed by atoms with van der Waals surface area (Å²) in [5, 5.41) is 8.92. The molecule has 3 heteroatoms. The molecule has 0 aliphatic carbocycles. The second-order valence-corrected chi connectivity index (χ2v) is 4.97. The first kappa shape index (κ1) is 12.4. The highest BCUT2D eigenvalue weighted by Crippen LogP contribution is 2.21. The third kappa shape index (κ3) is 3.72. The molecule has 3 N–H and O–H groups in total. The number of nitrogens with two attached hydrogens (primary N) is 1. The summed E-state index contributed by atoms with van der Waals surface area (Å²) in [5.41, 5.74) is 7.84. The summed E-state index contributed by atoms with van der Waals surface area (Å²) in [7, 11) is 0. The number of likely N-dealkylation sites (tertiary alicyclic amines) is 1. The fourth-order valence-electron chi connectivity index (χ4n) is 2.50. The Morgan fingerprint density at radius 3 is 2.41 bits per heavy atom. The van der Waals surface area contributed by atoms with E-state index in [4.69, 9.17) is 10.8 Å². The molecule has 1 aromatic rings. The van der Waals surface area contributed by atoms with Crippen LogP contribution in [0.15, 0.2) is 24.3 Å². The highest BCUT2D eigenvalue weighted by Gasteiger charge is 2.18. The van der Waals surface area contributed by atoms with Gasteiger partial charge in [0.15, 0.2) is 0 Å². The minimum atomic E-state index is 0.336. The largest absolute Gasteiger partial charge is 0.399 e. The Morgan fingerprint density at radius 2 is 1.82 bits per heavy atom. The van der Waals surface area contributed by atoms with Crippen LogP contribution in [0.3, 0.4) is 0 Å².